The van der Waals surface area contributed by atoms with Crippen LogP contribution in [-0.2, 0) is 20.7 Å². The van der Waals surface area contributed by atoms with E-state index in [0.717, 1.165) is 5.56 Å². The summed E-state index contributed by atoms with van der Waals surface area (Å²) >= 11 is 0. The Morgan fingerprint density at radius 2 is 1.89 bits per heavy atom. The van der Waals surface area contributed by atoms with Crippen molar-refractivity contribution in [2.24, 2.45) is 0 Å². The molecule has 1 aromatic rings. The van der Waals surface area contributed by atoms with E-state index in [1.807, 2.05) is 32.0 Å². The number of benzene rings is 1. The summed E-state index contributed by atoms with van der Waals surface area (Å²) in [4.78, 5) is 0. The maximum Gasteiger partial charge on any atom is 0.267 e. The first-order chi connectivity index (χ1) is 8.81. The van der Waals surface area contributed by atoms with Gasteiger partial charge in [-0.3, -0.25) is 4.18 Å². The van der Waals surface area contributed by atoms with E-state index in [1.54, 1.807) is 6.92 Å². The van der Waals surface area contributed by atoms with Gasteiger partial charge in [0.05, 0.1) is 12.4 Å². The first-order valence-corrected chi connectivity index (χ1v) is 7.77. The SMILES string of the molecule is CCS(=O)(=O)OCCc1ccc2c(c1)OC(C)(C)O2. The normalized spacial score (nSPS) is 16.6. The van der Waals surface area contributed by atoms with Crippen LogP contribution in [0.3, 0.4) is 0 Å². The van der Waals surface area contributed by atoms with E-state index >= 15 is 0 Å². The first-order valence-electron chi connectivity index (χ1n) is 6.19. The lowest BCUT2D eigenvalue weighted by molar-refractivity contribution is -0.0431. The fraction of sp³-hybridized carbons (Fsp3) is 0.538. The third-order valence-corrected chi connectivity index (χ3v) is 3.96. The topological polar surface area (TPSA) is 61.8 Å². The fourth-order valence-corrected chi connectivity index (χ4v) is 2.30. The van der Waals surface area contributed by atoms with Crippen LogP contribution in [0.4, 0.5) is 0 Å². The van der Waals surface area contributed by atoms with Crippen LogP contribution in [0.25, 0.3) is 0 Å². The Balaban J connectivity index is 1.97. The van der Waals surface area contributed by atoms with Gasteiger partial charge in [0.15, 0.2) is 11.5 Å². The van der Waals surface area contributed by atoms with Crippen molar-refractivity contribution in [2.75, 3.05) is 12.4 Å². The van der Waals surface area contributed by atoms with Crippen molar-refractivity contribution in [1.82, 2.24) is 0 Å². The monoisotopic (exact) mass is 286 g/mol. The van der Waals surface area contributed by atoms with E-state index in [0.29, 0.717) is 17.9 Å². The van der Waals surface area contributed by atoms with Gasteiger partial charge in [-0.1, -0.05) is 6.07 Å². The molecule has 6 heteroatoms. The van der Waals surface area contributed by atoms with Gasteiger partial charge in [-0.05, 0) is 31.0 Å². The predicted molar refractivity (Wildman–Crippen MR) is 70.9 cm³/mol. The van der Waals surface area contributed by atoms with Gasteiger partial charge in [-0.25, -0.2) is 0 Å². The molecule has 1 aliphatic rings. The zero-order valence-electron chi connectivity index (χ0n) is 11.3. The molecule has 0 spiro atoms. The number of fused-ring (bicyclic) bond motifs is 1. The van der Waals surface area contributed by atoms with E-state index in [-0.39, 0.29) is 12.4 Å². The second-order valence-corrected chi connectivity index (χ2v) is 6.73. The summed E-state index contributed by atoms with van der Waals surface area (Å²) in [5.74, 6) is 0.724. The predicted octanol–water partition coefficient (Wildman–Crippen LogP) is 2.10. The molecule has 1 aliphatic heterocycles. The van der Waals surface area contributed by atoms with Crippen molar-refractivity contribution in [3.63, 3.8) is 0 Å². The quantitative estimate of drug-likeness (QED) is 0.776. The van der Waals surface area contributed by atoms with Crippen molar-refractivity contribution >= 4 is 10.1 Å². The molecule has 19 heavy (non-hydrogen) atoms. The van der Waals surface area contributed by atoms with Gasteiger partial charge in [0.25, 0.3) is 10.1 Å². The lowest BCUT2D eigenvalue weighted by Crippen LogP contribution is -2.29. The van der Waals surface area contributed by atoms with Crippen molar-refractivity contribution in [3.8, 4) is 11.5 Å². The third kappa shape index (κ3) is 3.61. The van der Waals surface area contributed by atoms with Crippen LogP contribution in [0.5, 0.6) is 11.5 Å². The van der Waals surface area contributed by atoms with Crippen LogP contribution in [-0.4, -0.2) is 26.6 Å². The van der Waals surface area contributed by atoms with Gasteiger partial charge in [-0.2, -0.15) is 8.42 Å². The molecule has 0 bridgehead atoms. The molecule has 106 valence electrons. The Bertz CT molecular complexity index is 562. The van der Waals surface area contributed by atoms with Crippen LogP contribution < -0.4 is 9.47 Å². The van der Waals surface area contributed by atoms with E-state index in [1.165, 1.54) is 0 Å². The summed E-state index contributed by atoms with van der Waals surface area (Å²) in [7, 11) is -3.38. The Labute approximate surface area is 113 Å². The zero-order chi connectivity index (χ0) is 14.1. The Morgan fingerprint density at radius 1 is 1.21 bits per heavy atom. The Morgan fingerprint density at radius 3 is 2.58 bits per heavy atom. The number of hydrogen-bond donors (Lipinski definition) is 0. The molecular weight excluding hydrogens is 268 g/mol. The Hall–Kier alpha value is -1.27. The Kier molecular flexibility index (Phi) is 3.73. The molecule has 0 radical (unpaired) electrons. The van der Waals surface area contributed by atoms with Crippen molar-refractivity contribution in [1.29, 1.82) is 0 Å². The lowest BCUT2D eigenvalue weighted by atomic mass is 10.1. The average molecular weight is 286 g/mol. The molecule has 0 atom stereocenters. The molecule has 2 rings (SSSR count). The average Bonchev–Trinajstić information content (AvgIpc) is 2.62. The molecule has 0 N–H and O–H groups in total. The molecule has 1 heterocycles. The van der Waals surface area contributed by atoms with E-state index in [9.17, 15) is 8.42 Å². The number of rotatable bonds is 5. The third-order valence-electron chi connectivity index (χ3n) is 2.73. The summed E-state index contributed by atoms with van der Waals surface area (Å²) < 4.78 is 38.4. The number of ether oxygens (including phenoxy) is 2. The zero-order valence-corrected chi connectivity index (χ0v) is 12.1. The van der Waals surface area contributed by atoms with Crippen molar-refractivity contribution in [3.05, 3.63) is 23.8 Å². The van der Waals surface area contributed by atoms with Gasteiger partial charge >= 0.3 is 0 Å². The highest BCUT2D eigenvalue weighted by molar-refractivity contribution is 7.86. The van der Waals surface area contributed by atoms with Gasteiger partial charge in [0, 0.05) is 13.8 Å². The molecule has 0 saturated carbocycles. The van der Waals surface area contributed by atoms with Crippen LogP contribution in [0.15, 0.2) is 18.2 Å². The standard InChI is InChI=1S/C13H18O5S/c1-4-19(14,15)16-8-7-10-5-6-11-12(9-10)18-13(2,3)17-11/h5-6,9H,4,7-8H2,1-3H3. The van der Waals surface area contributed by atoms with Crippen LogP contribution >= 0.6 is 0 Å². The molecule has 0 aliphatic carbocycles. The highest BCUT2D eigenvalue weighted by Crippen LogP contribution is 2.39. The minimum absolute atomic E-state index is 0.0116. The molecule has 0 aromatic heterocycles. The summed E-state index contributed by atoms with van der Waals surface area (Å²) in [5, 5.41) is 0. The van der Waals surface area contributed by atoms with Crippen LogP contribution in [0.2, 0.25) is 0 Å². The van der Waals surface area contributed by atoms with Gasteiger partial charge < -0.3 is 9.47 Å². The molecular formula is C13H18O5S. The maximum absolute atomic E-state index is 11.2. The largest absolute Gasteiger partial charge is 0.449 e. The van der Waals surface area contributed by atoms with Crippen molar-refractivity contribution < 1.29 is 22.1 Å². The fourth-order valence-electron chi connectivity index (χ4n) is 1.79. The minimum atomic E-state index is -3.38. The van der Waals surface area contributed by atoms with Crippen LogP contribution in [0.1, 0.15) is 26.3 Å². The summed E-state index contributed by atoms with van der Waals surface area (Å²) in [6.45, 7) is 5.37. The van der Waals surface area contributed by atoms with Gasteiger partial charge in [0.2, 0.25) is 5.79 Å². The molecule has 0 unspecified atom stereocenters. The van der Waals surface area contributed by atoms with E-state index in [2.05, 4.69) is 0 Å². The van der Waals surface area contributed by atoms with Crippen LogP contribution in [0, 0.1) is 0 Å². The molecule has 0 fully saturated rings. The highest BCUT2D eigenvalue weighted by atomic mass is 32.2. The molecule has 5 nitrogen and oxygen atoms in total. The summed E-state index contributed by atoms with van der Waals surface area (Å²) in [6.07, 6.45) is 0.510. The van der Waals surface area contributed by atoms with E-state index in [4.69, 9.17) is 13.7 Å². The second kappa shape index (κ2) is 5.02. The van der Waals surface area contributed by atoms with Gasteiger partial charge in [-0.15, -0.1) is 0 Å². The molecule has 1 aromatic carbocycles. The van der Waals surface area contributed by atoms with Crippen molar-refractivity contribution in [2.45, 2.75) is 33.0 Å². The van der Waals surface area contributed by atoms with Gasteiger partial charge in [0.1, 0.15) is 0 Å². The molecule has 0 amide bonds. The minimum Gasteiger partial charge on any atom is -0.449 e. The summed E-state index contributed by atoms with van der Waals surface area (Å²) in [6, 6.07) is 5.56. The maximum atomic E-state index is 11.2. The lowest BCUT2D eigenvalue weighted by Gasteiger charge is -2.16. The molecule has 0 saturated heterocycles. The first kappa shape index (κ1) is 14.1. The summed E-state index contributed by atoms with van der Waals surface area (Å²) in [5.41, 5.74) is 0.950. The van der Waals surface area contributed by atoms with E-state index < -0.39 is 15.9 Å². The number of hydrogen-bond acceptors (Lipinski definition) is 5. The smallest absolute Gasteiger partial charge is 0.267 e. The second-order valence-electron chi connectivity index (χ2n) is 4.80. The highest BCUT2D eigenvalue weighted by Gasteiger charge is 2.31.